The molecule has 2 atom stereocenters. The van der Waals surface area contributed by atoms with Gasteiger partial charge in [0.05, 0.1) is 11.5 Å². The third-order valence-corrected chi connectivity index (χ3v) is 5.18. The van der Waals surface area contributed by atoms with Crippen molar-refractivity contribution in [3.8, 4) is 0 Å². The van der Waals surface area contributed by atoms with Crippen LogP contribution in [0.4, 0.5) is 11.4 Å². The van der Waals surface area contributed by atoms with Crippen LogP contribution in [0.25, 0.3) is 0 Å². The highest BCUT2D eigenvalue weighted by Gasteiger charge is 2.28. The first-order valence-corrected chi connectivity index (χ1v) is 8.56. The van der Waals surface area contributed by atoms with E-state index in [9.17, 15) is 14.9 Å². The van der Waals surface area contributed by atoms with Gasteiger partial charge in [-0.3, -0.25) is 19.8 Å². The number of benzene rings is 1. The number of thioether (sulfide) groups is 1. The van der Waals surface area contributed by atoms with Crippen LogP contribution in [0.1, 0.15) is 19.3 Å². The first-order chi connectivity index (χ1) is 10.5. The lowest BCUT2D eigenvalue weighted by Crippen LogP contribution is -2.36. The van der Waals surface area contributed by atoms with Crippen LogP contribution in [0.5, 0.6) is 0 Å². The van der Waals surface area contributed by atoms with Gasteiger partial charge in [-0.2, -0.15) is 11.8 Å². The summed E-state index contributed by atoms with van der Waals surface area (Å²) in [6, 6.07) is 6.61. The average Bonchev–Trinajstić information content (AvgIpc) is 2.96. The van der Waals surface area contributed by atoms with E-state index in [1.54, 1.807) is 18.2 Å². The van der Waals surface area contributed by atoms with Gasteiger partial charge in [-0.05, 0) is 38.6 Å². The largest absolute Gasteiger partial charge is 0.319 e. The third kappa shape index (κ3) is 4.20. The van der Waals surface area contributed by atoms with Gasteiger partial charge >= 0.3 is 0 Å². The Kier molecular flexibility index (Phi) is 5.79. The van der Waals surface area contributed by atoms with E-state index in [2.05, 4.69) is 11.6 Å². The van der Waals surface area contributed by atoms with Crippen molar-refractivity contribution in [1.82, 2.24) is 4.90 Å². The van der Waals surface area contributed by atoms with Crippen LogP contribution in [0.3, 0.4) is 0 Å². The molecule has 1 aromatic rings. The first-order valence-electron chi connectivity index (χ1n) is 7.27. The molecule has 0 heterocycles. The average molecular weight is 323 g/mol. The molecule has 0 radical (unpaired) electrons. The lowest BCUT2D eigenvalue weighted by atomic mass is 10.2. The minimum Gasteiger partial charge on any atom is -0.319 e. The van der Waals surface area contributed by atoms with Crippen molar-refractivity contribution in [3.63, 3.8) is 0 Å². The van der Waals surface area contributed by atoms with Gasteiger partial charge in [-0.1, -0.05) is 12.1 Å². The Morgan fingerprint density at radius 3 is 2.82 bits per heavy atom. The summed E-state index contributed by atoms with van der Waals surface area (Å²) in [4.78, 5) is 24.6. The molecule has 0 unspecified atom stereocenters. The molecule has 7 heteroatoms. The normalized spacial score (nSPS) is 21.0. The zero-order valence-corrected chi connectivity index (χ0v) is 13.6. The molecule has 120 valence electrons. The van der Waals surface area contributed by atoms with Crippen LogP contribution in [0.15, 0.2) is 24.3 Å². The number of hydrogen-bond donors (Lipinski definition) is 1. The molecule has 0 aromatic heterocycles. The number of nitrogens with one attached hydrogen (secondary N) is 1. The highest BCUT2D eigenvalue weighted by molar-refractivity contribution is 7.99. The summed E-state index contributed by atoms with van der Waals surface area (Å²) in [6.07, 6.45) is 5.49. The molecule has 2 rings (SSSR count). The molecule has 0 bridgehead atoms. The van der Waals surface area contributed by atoms with Gasteiger partial charge in [0.15, 0.2) is 0 Å². The molecule has 1 aromatic carbocycles. The highest BCUT2D eigenvalue weighted by atomic mass is 32.2. The van der Waals surface area contributed by atoms with Crippen molar-refractivity contribution < 1.29 is 9.72 Å². The minimum atomic E-state index is -0.487. The molecule has 0 spiro atoms. The fourth-order valence-electron chi connectivity index (χ4n) is 2.82. The van der Waals surface area contributed by atoms with E-state index in [0.717, 1.165) is 12.8 Å². The monoisotopic (exact) mass is 323 g/mol. The van der Waals surface area contributed by atoms with Crippen molar-refractivity contribution >= 4 is 29.0 Å². The Labute approximate surface area is 134 Å². The predicted molar refractivity (Wildman–Crippen MR) is 89.3 cm³/mol. The van der Waals surface area contributed by atoms with Crippen LogP contribution >= 0.6 is 11.8 Å². The summed E-state index contributed by atoms with van der Waals surface area (Å²) in [6.45, 7) is 0.248. The first kappa shape index (κ1) is 16.8. The Hall–Kier alpha value is -1.60. The number of carbonyl (C=O) groups is 1. The van der Waals surface area contributed by atoms with E-state index >= 15 is 0 Å². The molecule has 1 aliphatic rings. The maximum Gasteiger partial charge on any atom is 0.292 e. The molecular weight excluding hydrogens is 302 g/mol. The number of likely N-dealkylation sites (N-methyl/N-ethyl adjacent to an activating group) is 1. The topological polar surface area (TPSA) is 75.5 Å². The van der Waals surface area contributed by atoms with Crippen LogP contribution in [-0.4, -0.2) is 46.9 Å². The van der Waals surface area contributed by atoms with Gasteiger partial charge in [-0.25, -0.2) is 0 Å². The summed E-state index contributed by atoms with van der Waals surface area (Å²) >= 11 is 1.88. The van der Waals surface area contributed by atoms with Gasteiger partial charge < -0.3 is 5.32 Å². The van der Waals surface area contributed by atoms with E-state index in [0.29, 0.717) is 11.3 Å². The highest BCUT2D eigenvalue weighted by Crippen LogP contribution is 2.31. The van der Waals surface area contributed by atoms with Crippen molar-refractivity contribution in [3.05, 3.63) is 34.4 Å². The molecule has 1 fully saturated rings. The summed E-state index contributed by atoms with van der Waals surface area (Å²) < 4.78 is 0. The number of anilines is 1. The lowest BCUT2D eigenvalue weighted by Gasteiger charge is -2.23. The summed E-state index contributed by atoms with van der Waals surface area (Å²) in [5.74, 6) is -0.218. The predicted octanol–water partition coefficient (Wildman–Crippen LogP) is 2.75. The summed E-state index contributed by atoms with van der Waals surface area (Å²) in [7, 11) is 1.94. The second-order valence-corrected chi connectivity index (χ2v) is 6.70. The molecule has 0 saturated heterocycles. The standard InChI is InChI=1S/C15H21N3O3S/c1-17(11-7-8-12(9-11)22-2)10-15(19)16-13-5-3-4-6-14(13)18(20)21/h3-6,11-12H,7-10H2,1-2H3,(H,16,19)/t11-,12-/m1/s1. The molecule has 1 aliphatic carbocycles. The molecule has 0 aliphatic heterocycles. The van der Waals surface area contributed by atoms with Gasteiger partial charge in [0, 0.05) is 17.4 Å². The molecule has 6 nitrogen and oxygen atoms in total. The smallest absolute Gasteiger partial charge is 0.292 e. The van der Waals surface area contributed by atoms with E-state index in [1.165, 1.54) is 12.5 Å². The fourth-order valence-corrected chi connectivity index (χ4v) is 3.60. The Balaban J connectivity index is 1.92. The number of nitro groups is 1. The van der Waals surface area contributed by atoms with Gasteiger partial charge in [0.25, 0.3) is 5.69 Å². The van der Waals surface area contributed by atoms with Crippen molar-refractivity contribution in [2.45, 2.75) is 30.6 Å². The Morgan fingerprint density at radius 2 is 2.18 bits per heavy atom. The number of hydrogen-bond acceptors (Lipinski definition) is 5. The fraction of sp³-hybridized carbons (Fsp3) is 0.533. The Morgan fingerprint density at radius 1 is 1.45 bits per heavy atom. The van der Waals surface area contributed by atoms with Gasteiger partial charge in [-0.15, -0.1) is 0 Å². The van der Waals surface area contributed by atoms with Crippen LogP contribution in [0, 0.1) is 10.1 Å². The third-order valence-electron chi connectivity index (χ3n) is 4.08. The van der Waals surface area contributed by atoms with Crippen LogP contribution in [-0.2, 0) is 4.79 Å². The van der Waals surface area contributed by atoms with Crippen LogP contribution in [0.2, 0.25) is 0 Å². The van der Waals surface area contributed by atoms with Gasteiger partial charge in [0.1, 0.15) is 5.69 Å². The maximum absolute atomic E-state index is 12.1. The molecule has 1 N–H and O–H groups in total. The van der Waals surface area contributed by atoms with Gasteiger partial charge in [0.2, 0.25) is 5.91 Å². The number of rotatable bonds is 6. The number of carbonyl (C=O) groups excluding carboxylic acids is 1. The van der Waals surface area contributed by atoms with Crippen LogP contribution < -0.4 is 5.32 Å². The lowest BCUT2D eigenvalue weighted by molar-refractivity contribution is -0.383. The molecular formula is C15H21N3O3S. The Bertz CT molecular complexity index is 553. The zero-order valence-electron chi connectivity index (χ0n) is 12.8. The number of amides is 1. The van der Waals surface area contributed by atoms with E-state index in [4.69, 9.17) is 0 Å². The maximum atomic E-state index is 12.1. The number of nitrogens with zero attached hydrogens (tertiary/aromatic N) is 2. The number of nitro benzene ring substituents is 1. The van der Waals surface area contributed by atoms with Crippen molar-refractivity contribution in [2.24, 2.45) is 0 Å². The molecule has 1 amide bonds. The quantitative estimate of drug-likeness (QED) is 0.643. The summed E-state index contributed by atoms with van der Waals surface area (Å²) in [5, 5.41) is 14.3. The number of para-hydroxylation sites is 2. The molecule has 1 saturated carbocycles. The van der Waals surface area contributed by atoms with Crippen molar-refractivity contribution in [1.29, 1.82) is 0 Å². The minimum absolute atomic E-state index is 0.0817. The second-order valence-electron chi connectivity index (χ2n) is 5.56. The molecule has 22 heavy (non-hydrogen) atoms. The zero-order chi connectivity index (χ0) is 16.1. The van der Waals surface area contributed by atoms with E-state index in [1.807, 2.05) is 23.7 Å². The van der Waals surface area contributed by atoms with E-state index in [-0.39, 0.29) is 23.8 Å². The second kappa shape index (κ2) is 7.60. The van der Waals surface area contributed by atoms with E-state index < -0.39 is 4.92 Å². The van der Waals surface area contributed by atoms with Crippen molar-refractivity contribution in [2.75, 3.05) is 25.2 Å². The summed E-state index contributed by atoms with van der Waals surface area (Å²) in [5.41, 5.74) is 0.168. The SMILES string of the molecule is CS[C@@H]1CC[C@@H](N(C)CC(=O)Nc2ccccc2[N+](=O)[O-])C1.